The van der Waals surface area contributed by atoms with Gasteiger partial charge in [-0.1, -0.05) is 19.1 Å². The molecule has 0 saturated heterocycles. The average molecular weight is 205 g/mol. The number of likely N-dealkylation sites (N-methyl/N-ethyl adjacent to an activating group) is 1. The molecule has 2 nitrogen and oxygen atoms in total. The normalized spacial score (nSPS) is 12.5. The van der Waals surface area contributed by atoms with Crippen LogP contribution >= 0.6 is 0 Å². The van der Waals surface area contributed by atoms with Gasteiger partial charge in [0.15, 0.2) is 5.78 Å². The fourth-order valence-corrected chi connectivity index (χ4v) is 1.54. The van der Waals surface area contributed by atoms with E-state index in [1.54, 1.807) is 0 Å². The minimum Gasteiger partial charge on any atom is -0.308 e. The van der Waals surface area contributed by atoms with E-state index < -0.39 is 0 Å². The van der Waals surface area contributed by atoms with Gasteiger partial charge in [0.25, 0.3) is 0 Å². The van der Waals surface area contributed by atoms with Crippen LogP contribution in [0.15, 0.2) is 18.2 Å². The Balaban J connectivity index is 2.87. The molecular formula is C13H19NO. The van der Waals surface area contributed by atoms with Crippen LogP contribution in [0.3, 0.4) is 0 Å². The number of ketones is 1. The van der Waals surface area contributed by atoms with Crippen molar-refractivity contribution >= 4 is 5.78 Å². The molecule has 0 aromatic heterocycles. The van der Waals surface area contributed by atoms with Crippen molar-refractivity contribution in [3.63, 3.8) is 0 Å². The van der Waals surface area contributed by atoms with Gasteiger partial charge in [0.05, 0.1) is 6.04 Å². The first-order chi connectivity index (χ1) is 7.06. The summed E-state index contributed by atoms with van der Waals surface area (Å²) in [5.74, 6) is 0.167. The van der Waals surface area contributed by atoms with Gasteiger partial charge in [-0.25, -0.2) is 0 Å². The number of hydrogen-bond acceptors (Lipinski definition) is 2. The number of rotatable bonds is 4. The van der Waals surface area contributed by atoms with Crippen LogP contribution in [0.2, 0.25) is 0 Å². The smallest absolute Gasteiger partial charge is 0.179 e. The van der Waals surface area contributed by atoms with Crippen LogP contribution in [0.4, 0.5) is 0 Å². The van der Waals surface area contributed by atoms with Crippen molar-refractivity contribution < 1.29 is 4.79 Å². The van der Waals surface area contributed by atoms with Gasteiger partial charge < -0.3 is 5.32 Å². The Kier molecular flexibility index (Phi) is 4.04. The second kappa shape index (κ2) is 5.08. The quantitative estimate of drug-likeness (QED) is 0.765. The Morgan fingerprint density at radius 3 is 2.53 bits per heavy atom. The summed E-state index contributed by atoms with van der Waals surface area (Å²) in [5, 5.41) is 3.13. The number of Topliss-reactive ketones (excluding diaryl/α,β-unsaturated/α-hetero) is 1. The van der Waals surface area contributed by atoms with Gasteiger partial charge in [0.2, 0.25) is 0 Å². The Morgan fingerprint density at radius 2 is 2.00 bits per heavy atom. The minimum absolute atomic E-state index is 0.0999. The third kappa shape index (κ3) is 2.90. The Morgan fingerprint density at radius 1 is 1.33 bits per heavy atom. The largest absolute Gasteiger partial charge is 0.308 e. The molecule has 0 amide bonds. The number of benzene rings is 1. The highest BCUT2D eigenvalue weighted by molar-refractivity contribution is 6.00. The first-order valence-corrected chi connectivity index (χ1v) is 5.41. The summed E-state index contributed by atoms with van der Waals surface area (Å²) in [6, 6.07) is 5.77. The molecule has 1 aromatic carbocycles. The summed E-state index contributed by atoms with van der Waals surface area (Å²) in [6.45, 7) is 8.81. The lowest BCUT2D eigenvalue weighted by molar-refractivity contribution is 0.0952. The molecule has 0 radical (unpaired) electrons. The van der Waals surface area contributed by atoms with Crippen LogP contribution in [0.25, 0.3) is 0 Å². The fraction of sp³-hybridized carbons (Fsp3) is 0.462. The van der Waals surface area contributed by atoms with E-state index >= 15 is 0 Å². The summed E-state index contributed by atoms with van der Waals surface area (Å²) in [7, 11) is 0. The van der Waals surface area contributed by atoms with E-state index in [1.165, 1.54) is 11.1 Å². The highest BCUT2D eigenvalue weighted by Crippen LogP contribution is 2.11. The summed E-state index contributed by atoms with van der Waals surface area (Å²) in [6.07, 6.45) is 0. The number of carbonyl (C=O) groups is 1. The van der Waals surface area contributed by atoms with Gasteiger partial charge in [-0.2, -0.15) is 0 Å². The molecule has 0 fully saturated rings. The monoisotopic (exact) mass is 205 g/mol. The number of aryl methyl sites for hydroxylation is 2. The molecule has 0 aliphatic carbocycles. The predicted octanol–water partition coefficient (Wildman–Crippen LogP) is 2.48. The third-order valence-electron chi connectivity index (χ3n) is 2.70. The van der Waals surface area contributed by atoms with Crippen molar-refractivity contribution in [3.05, 3.63) is 34.9 Å². The molecule has 0 heterocycles. The Labute approximate surface area is 91.7 Å². The lowest BCUT2D eigenvalue weighted by atomic mass is 10.0. The standard InChI is InChI=1S/C13H19NO/c1-5-14-11(4)13(15)12-7-6-9(2)10(3)8-12/h6-8,11,14H,5H2,1-4H3/t11-/m1/s1. The van der Waals surface area contributed by atoms with Gasteiger partial charge in [-0.15, -0.1) is 0 Å². The zero-order chi connectivity index (χ0) is 11.4. The first kappa shape index (κ1) is 11.9. The molecule has 0 saturated carbocycles. The zero-order valence-corrected chi connectivity index (χ0v) is 9.92. The van der Waals surface area contributed by atoms with Crippen molar-refractivity contribution in [1.82, 2.24) is 5.32 Å². The molecule has 82 valence electrons. The van der Waals surface area contributed by atoms with Crippen molar-refractivity contribution in [2.24, 2.45) is 0 Å². The molecule has 0 spiro atoms. The van der Waals surface area contributed by atoms with E-state index in [2.05, 4.69) is 12.2 Å². The number of carbonyl (C=O) groups excluding carboxylic acids is 1. The lowest BCUT2D eigenvalue weighted by Gasteiger charge is -2.12. The topological polar surface area (TPSA) is 29.1 Å². The van der Waals surface area contributed by atoms with E-state index in [0.29, 0.717) is 0 Å². The van der Waals surface area contributed by atoms with Crippen LogP contribution in [0.5, 0.6) is 0 Å². The van der Waals surface area contributed by atoms with Crippen molar-refractivity contribution in [3.8, 4) is 0 Å². The van der Waals surface area contributed by atoms with Crippen molar-refractivity contribution in [2.75, 3.05) is 6.54 Å². The second-order valence-electron chi connectivity index (χ2n) is 3.94. The van der Waals surface area contributed by atoms with E-state index in [4.69, 9.17) is 0 Å². The van der Waals surface area contributed by atoms with Gasteiger partial charge in [-0.05, 0) is 44.5 Å². The van der Waals surface area contributed by atoms with Crippen LogP contribution in [-0.2, 0) is 0 Å². The number of nitrogens with one attached hydrogen (secondary N) is 1. The second-order valence-corrected chi connectivity index (χ2v) is 3.94. The van der Waals surface area contributed by atoms with Crippen LogP contribution in [-0.4, -0.2) is 18.4 Å². The zero-order valence-electron chi connectivity index (χ0n) is 9.92. The molecule has 0 aliphatic rings. The van der Waals surface area contributed by atoms with Crippen LogP contribution in [0, 0.1) is 13.8 Å². The van der Waals surface area contributed by atoms with Crippen molar-refractivity contribution in [1.29, 1.82) is 0 Å². The lowest BCUT2D eigenvalue weighted by Crippen LogP contribution is -2.33. The maximum absolute atomic E-state index is 11.9. The van der Waals surface area contributed by atoms with Gasteiger partial charge >= 0.3 is 0 Å². The molecule has 0 bridgehead atoms. The summed E-state index contributed by atoms with van der Waals surface area (Å²) in [4.78, 5) is 11.9. The maximum atomic E-state index is 11.9. The SMILES string of the molecule is CCN[C@H](C)C(=O)c1ccc(C)c(C)c1. The molecule has 1 atom stereocenters. The van der Waals surface area contributed by atoms with Gasteiger partial charge in [0.1, 0.15) is 0 Å². The van der Waals surface area contributed by atoms with Gasteiger partial charge in [0, 0.05) is 5.56 Å². The van der Waals surface area contributed by atoms with Crippen LogP contribution < -0.4 is 5.32 Å². The number of hydrogen-bond donors (Lipinski definition) is 1. The molecule has 15 heavy (non-hydrogen) atoms. The van der Waals surface area contributed by atoms with E-state index in [-0.39, 0.29) is 11.8 Å². The van der Waals surface area contributed by atoms with E-state index in [0.717, 1.165) is 12.1 Å². The summed E-state index contributed by atoms with van der Waals surface area (Å²) >= 11 is 0. The van der Waals surface area contributed by atoms with Crippen LogP contribution in [0.1, 0.15) is 35.3 Å². The van der Waals surface area contributed by atoms with E-state index in [1.807, 2.05) is 39.0 Å². The first-order valence-electron chi connectivity index (χ1n) is 5.41. The fourth-order valence-electron chi connectivity index (χ4n) is 1.54. The Bertz CT molecular complexity index is 358. The third-order valence-corrected chi connectivity index (χ3v) is 2.70. The maximum Gasteiger partial charge on any atom is 0.179 e. The molecule has 1 aromatic rings. The highest BCUT2D eigenvalue weighted by atomic mass is 16.1. The molecular weight excluding hydrogens is 186 g/mol. The Hall–Kier alpha value is -1.15. The molecule has 1 N–H and O–H groups in total. The average Bonchev–Trinajstić information content (AvgIpc) is 2.21. The molecule has 0 unspecified atom stereocenters. The van der Waals surface area contributed by atoms with Gasteiger partial charge in [-0.3, -0.25) is 4.79 Å². The minimum atomic E-state index is -0.0999. The summed E-state index contributed by atoms with van der Waals surface area (Å²) < 4.78 is 0. The summed E-state index contributed by atoms with van der Waals surface area (Å²) in [5.41, 5.74) is 3.19. The van der Waals surface area contributed by atoms with Crippen molar-refractivity contribution in [2.45, 2.75) is 33.7 Å². The molecule has 1 rings (SSSR count). The molecule has 0 aliphatic heterocycles. The highest BCUT2D eigenvalue weighted by Gasteiger charge is 2.13. The predicted molar refractivity (Wildman–Crippen MR) is 63.4 cm³/mol. The molecule has 2 heteroatoms. The van der Waals surface area contributed by atoms with E-state index in [9.17, 15) is 4.79 Å².